The molecule has 5 nitrogen and oxygen atoms in total. The maximum Gasteiger partial charge on any atom is 0.314 e. The lowest BCUT2D eigenvalue weighted by atomic mass is 9.83. The van der Waals surface area contributed by atoms with Gasteiger partial charge in [0.05, 0.1) is 5.41 Å². The fourth-order valence-corrected chi connectivity index (χ4v) is 3.00. The van der Waals surface area contributed by atoms with E-state index in [0.717, 1.165) is 25.2 Å². The SMILES string of the molecule is O=C(NCCC1CCC1)NCC1(C(=O)O)CCCC1. The topological polar surface area (TPSA) is 78.4 Å². The highest BCUT2D eigenvalue weighted by molar-refractivity contribution is 5.78. The van der Waals surface area contributed by atoms with Crippen LogP contribution in [-0.2, 0) is 4.79 Å². The third-order valence-electron chi connectivity index (χ3n) is 4.66. The molecule has 0 aromatic rings. The van der Waals surface area contributed by atoms with Crippen molar-refractivity contribution in [1.82, 2.24) is 10.6 Å². The molecular formula is C14H24N2O3. The summed E-state index contributed by atoms with van der Waals surface area (Å²) in [6, 6.07) is -0.230. The molecule has 0 bridgehead atoms. The van der Waals surface area contributed by atoms with Crippen molar-refractivity contribution >= 4 is 12.0 Å². The maximum atomic E-state index is 11.6. The van der Waals surface area contributed by atoms with Crippen molar-refractivity contribution in [3.8, 4) is 0 Å². The van der Waals surface area contributed by atoms with Crippen LogP contribution in [0.4, 0.5) is 4.79 Å². The molecule has 108 valence electrons. The van der Waals surface area contributed by atoms with Crippen LogP contribution in [0.5, 0.6) is 0 Å². The van der Waals surface area contributed by atoms with E-state index in [-0.39, 0.29) is 12.6 Å². The van der Waals surface area contributed by atoms with Gasteiger partial charge >= 0.3 is 12.0 Å². The van der Waals surface area contributed by atoms with Crippen LogP contribution in [0.25, 0.3) is 0 Å². The molecule has 0 unspecified atom stereocenters. The summed E-state index contributed by atoms with van der Waals surface area (Å²) in [5.41, 5.74) is -0.731. The van der Waals surface area contributed by atoms with Gasteiger partial charge in [-0.15, -0.1) is 0 Å². The molecule has 2 fully saturated rings. The van der Waals surface area contributed by atoms with Gasteiger partial charge in [0, 0.05) is 13.1 Å². The summed E-state index contributed by atoms with van der Waals surface area (Å²) < 4.78 is 0. The van der Waals surface area contributed by atoms with E-state index in [1.54, 1.807) is 0 Å². The van der Waals surface area contributed by atoms with E-state index in [1.165, 1.54) is 19.3 Å². The maximum absolute atomic E-state index is 11.6. The third kappa shape index (κ3) is 3.61. The zero-order chi connectivity index (χ0) is 13.7. The number of carboxylic acid groups (broad SMARTS) is 1. The average molecular weight is 268 g/mol. The highest BCUT2D eigenvalue weighted by atomic mass is 16.4. The van der Waals surface area contributed by atoms with Gasteiger partial charge in [-0.1, -0.05) is 32.1 Å². The first-order valence-corrected chi connectivity index (χ1v) is 7.37. The summed E-state index contributed by atoms with van der Waals surface area (Å²) in [6.45, 7) is 0.939. The van der Waals surface area contributed by atoms with Gasteiger partial charge in [0.25, 0.3) is 0 Å². The summed E-state index contributed by atoms with van der Waals surface area (Å²) in [5.74, 6) is 0.000243. The summed E-state index contributed by atoms with van der Waals surface area (Å²) in [4.78, 5) is 23.0. The predicted octanol–water partition coefficient (Wildman–Crippen LogP) is 2.12. The minimum Gasteiger partial charge on any atom is -0.481 e. The van der Waals surface area contributed by atoms with Crippen LogP contribution in [0.3, 0.4) is 0 Å². The zero-order valence-electron chi connectivity index (χ0n) is 11.4. The molecule has 3 N–H and O–H groups in total. The minimum atomic E-state index is -0.778. The second kappa shape index (κ2) is 6.26. The molecule has 19 heavy (non-hydrogen) atoms. The van der Waals surface area contributed by atoms with Crippen molar-refractivity contribution in [2.45, 2.75) is 51.4 Å². The number of urea groups is 1. The van der Waals surface area contributed by atoms with Crippen LogP contribution in [0.2, 0.25) is 0 Å². The normalized spacial score (nSPS) is 21.7. The first-order chi connectivity index (χ1) is 9.12. The van der Waals surface area contributed by atoms with Crippen LogP contribution in [0.15, 0.2) is 0 Å². The van der Waals surface area contributed by atoms with Gasteiger partial charge in [0.1, 0.15) is 0 Å². The molecule has 5 heteroatoms. The van der Waals surface area contributed by atoms with Gasteiger partial charge in [0.2, 0.25) is 0 Å². The first kappa shape index (κ1) is 14.2. The number of hydrogen-bond donors (Lipinski definition) is 3. The van der Waals surface area contributed by atoms with E-state index < -0.39 is 11.4 Å². The zero-order valence-corrected chi connectivity index (χ0v) is 11.4. The molecule has 2 amide bonds. The van der Waals surface area contributed by atoms with Crippen LogP contribution in [0.1, 0.15) is 51.4 Å². The molecule has 0 atom stereocenters. The number of carbonyl (C=O) groups excluding carboxylic acids is 1. The van der Waals surface area contributed by atoms with Gasteiger partial charge in [-0.05, 0) is 25.2 Å². The number of rotatable bonds is 6. The number of nitrogens with one attached hydrogen (secondary N) is 2. The minimum absolute atomic E-state index is 0.230. The Morgan fingerprint density at radius 1 is 1.11 bits per heavy atom. The van der Waals surface area contributed by atoms with Crippen molar-refractivity contribution in [2.75, 3.05) is 13.1 Å². The third-order valence-corrected chi connectivity index (χ3v) is 4.66. The van der Waals surface area contributed by atoms with Crippen molar-refractivity contribution in [2.24, 2.45) is 11.3 Å². The molecule has 0 aromatic carbocycles. The lowest BCUT2D eigenvalue weighted by Gasteiger charge is -2.26. The Labute approximate surface area is 114 Å². The van der Waals surface area contributed by atoms with Crippen molar-refractivity contribution in [3.05, 3.63) is 0 Å². The predicted molar refractivity (Wildman–Crippen MR) is 71.9 cm³/mol. The molecule has 2 aliphatic carbocycles. The standard InChI is InChI=1S/C14H24N2O3/c17-12(18)14(7-1-2-8-14)10-16-13(19)15-9-6-11-4-3-5-11/h11H,1-10H2,(H,17,18)(H2,15,16,19). The van der Waals surface area contributed by atoms with E-state index in [1.807, 2.05) is 0 Å². The van der Waals surface area contributed by atoms with Gasteiger partial charge in [0.15, 0.2) is 0 Å². The van der Waals surface area contributed by atoms with Crippen molar-refractivity contribution in [3.63, 3.8) is 0 Å². The Morgan fingerprint density at radius 3 is 2.32 bits per heavy atom. The largest absolute Gasteiger partial charge is 0.481 e. The molecule has 2 rings (SSSR count). The highest BCUT2D eigenvalue weighted by Crippen LogP contribution is 2.37. The van der Waals surface area contributed by atoms with E-state index >= 15 is 0 Å². The highest BCUT2D eigenvalue weighted by Gasteiger charge is 2.41. The molecule has 0 spiro atoms. The molecule has 0 heterocycles. The number of carbonyl (C=O) groups is 2. The summed E-state index contributed by atoms with van der Waals surface area (Å²) in [5, 5.41) is 14.8. The van der Waals surface area contributed by atoms with E-state index in [9.17, 15) is 14.7 Å². The second-order valence-corrected chi connectivity index (χ2v) is 5.99. The van der Waals surface area contributed by atoms with Crippen LogP contribution in [-0.4, -0.2) is 30.2 Å². The first-order valence-electron chi connectivity index (χ1n) is 7.37. The summed E-state index contributed by atoms with van der Waals surface area (Å²) in [7, 11) is 0. The molecule has 2 saturated carbocycles. The van der Waals surface area contributed by atoms with E-state index in [4.69, 9.17) is 0 Å². The van der Waals surface area contributed by atoms with E-state index in [2.05, 4.69) is 10.6 Å². The Kier molecular flexibility index (Phi) is 4.66. The van der Waals surface area contributed by atoms with Gasteiger partial charge < -0.3 is 15.7 Å². The van der Waals surface area contributed by atoms with Crippen molar-refractivity contribution < 1.29 is 14.7 Å². The molecule has 0 aliphatic heterocycles. The lowest BCUT2D eigenvalue weighted by molar-refractivity contribution is -0.148. The Hall–Kier alpha value is -1.26. The second-order valence-electron chi connectivity index (χ2n) is 5.99. The average Bonchev–Trinajstić information content (AvgIpc) is 2.80. The van der Waals surface area contributed by atoms with Crippen LogP contribution >= 0.6 is 0 Å². The number of carboxylic acids is 1. The Morgan fingerprint density at radius 2 is 1.79 bits per heavy atom. The van der Waals surface area contributed by atoms with Crippen LogP contribution < -0.4 is 10.6 Å². The monoisotopic (exact) mass is 268 g/mol. The number of hydrogen-bond acceptors (Lipinski definition) is 2. The summed E-state index contributed by atoms with van der Waals surface area (Å²) in [6.07, 6.45) is 8.15. The van der Waals surface area contributed by atoms with Crippen LogP contribution in [0, 0.1) is 11.3 Å². The number of aliphatic carboxylic acids is 1. The van der Waals surface area contributed by atoms with Gasteiger partial charge in [-0.3, -0.25) is 4.79 Å². The lowest BCUT2D eigenvalue weighted by Crippen LogP contribution is -2.45. The quantitative estimate of drug-likeness (QED) is 0.690. The fraction of sp³-hybridized carbons (Fsp3) is 0.857. The smallest absolute Gasteiger partial charge is 0.314 e. The molecule has 0 radical (unpaired) electrons. The fourth-order valence-electron chi connectivity index (χ4n) is 3.00. The number of amides is 2. The Balaban J connectivity index is 1.65. The molecule has 0 saturated heterocycles. The Bertz CT molecular complexity index is 334. The summed E-state index contributed by atoms with van der Waals surface area (Å²) >= 11 is 0. The van der Waals surface area contributed by atoms with E-state index in [0.29, 0.717) is 19.4 Å². The molecular weight excluding hydrogens is 244 g/mol. The van der Waals surface area contributed by atoms with Gasteiger partial charge in [-0.25, -0.2) is 4.79 Å². The van der Waals surface area contributed by atoms with Gasteiger partial charge in [-0.2, -0.15) is 0 Å². The molecule has 0 aromatic heterocycles. The molecule has 2 aliphatic rings. The van der Waals surface area contributed by atoms with Crippen molar-refractivity contribution in [1.29, 1.82) is 0 Å².